The van der Waals surface area contributed by atoms with Gasteiger partial charge in [0.1, 0.15) is 29.7 Å². The molecule has 0 saturated heterocycles. The standard InChI is InChI=1S/C28H39NO5/c1-7-9-10-11-20-16-23(33-26(30)19(4)29-27(31)32-14-8-2)25-21-15-18(3)12-13-22(21)28(5,6)34-24(25)17-20/h8,15-17,19,21-22H,2,7,9-14H2,1,3-6H3,(H,29,31). The second-order valence-corrected chi connectivity index (χ2v) is 10.0. The van der Waals surface area contributed by atoms with E-state index in [2.05, 4.69) is 51.7 Å². The quantitative estimate of drug-likeness (QED) is 0.201. The Hall–Kier alpha value is -2.76. The maximum Gasteiger partial charge on any atom is 0.408 e. The number of ether oxygens (including phenoxy) is 3. The van der Waals surface area contributed by atoms with Crippen molar-refractivity contribution in [2.24, 2.45) is 5.92 Å². The number of allylic oxidation sites excluding steroid dienone is 2. The smallest absolute Gasteiger partial charge is 0.408 e. The number of carbonyl (C=O) groups excluding carboxylic acids is 2. The summed E-state index contributed by atoms with van der Waals surface area (Å²) in [5.41, 5.74) is 3.04. The van der Waals surface area contributed by atoms with E-state index in [0.717, 1.165) is 55.4 Å². The van der Waals surface area contributed by atoms with Crippen LogP contribution >= 0.6 is 0 Å². The van der Waals surface area contributed by atoms with Crippen LogP contribution in [0.25, 0.3) is 0 Å². The number of benzene rings is 1. The predicted octanol–water partition coefficient (Wildman–Crippen LogP) is 6.24. The molecule has 3 atom stereocenters. The van der Waals surface area contributed by atoms with E-state index in [1.54, 1.807) is 6.92 Å². The first kappa shape index (κ1) is 25.9. The highest BCUT2D eigenvalue weighted by molar-refractivity contribution is 5.83. The first-order valence-corrected chi connectivity index (χ1v) is 12.4. The van der Waals surface area contributed by atoms with Gasteiger partial charge in [-0.3, -0.25) is 0 Å². The second kappa shape index (κ2) is 11.1. The third-order valence-electron chi connectivity index (χ3n) is 6.81. The first-order valence-electron chi connectivity index (χ1n) is 12.4. The van der Waals surface area contributed by atoms with Gasteiger partial charge in [0.25, 0.3) is 0 Å². The molecule has 1 heterocycles. The summed E-state index contributed by atoms with van der Waals surface area (Å²) in [4.78, 5) is 24.8. The van der Waals surface area contributed by atoms with E-state index in [1.807, 2.05) is 6.07 Å². The predicted molar refractivity (Wildman–Crippen MR) is 133 cm³/mol. The number of amides is 1. The Bertz CT molecular complexity index is 948. The number of carbonyl (C=O) groups is 2. The van der Waals surface area contributed by atoms with Crippen LogP contribution in [0.2, 0.25) is 0 Å². The molecular weight excluding hydrogens is 430 g/mol. The normalized spacial score (nSPS) is 21.1. The van der Waals surface area contributed by atoms with Gasteiger partial charge in [0.2, 0.25) is 0 Å². The Kier molecular flexibility index (Phi) is 8.45. The van der Waals surface area contributed by atoms with Crippen LogP contribution < -0.4 is 14.8 Å². The number of hydrogen-bond donors (Lipinski definition) is 1. The Morgan fingerprint density at radius 2 is 2.09 bits per heavy atom. The molecule has 3 rings (SSSR count). The summed E-state index contributed by atoms with van der Waals surface area (Å²) < 4.78 is 17.4. The summed E-state index contributed by atoms with van der Waals surface area (Å²) in [6, 6.07) is 3.23. The summed E-state index contributed by atoms with van der Waals surface area (Å²) in [6.07, 6.45) is 9.38. The molecular formula is C28H39NO5. The molecule has 34 heavy (non-hydrogen) atoms. The number of nitrogens with one attached hydrogen (secondary N) is 1. The van der Waals surface area contributed by atoms with Crippen LogP contribution in [0.5, 0.6) is 11.5 Å². The minimum absolute atomic E-state index is 0.0722. The number of unbranched alkanes of at least 4 members (excludes halogenated alkanes) is 2. The fourth-order valence-corrected chi connectivity index (χ4v) is 4.98. The zero-order chi connectivity index (χ0) is 24.9. The lowest BCUT2D eigenvalue weighted by atomic mass is 9.68. The van der Waals surface area contributed by atoms with Crippen molar-refractivity contribution in [2.75, 3.05) is 6.61 Å². The van der Waals surface area contributed by atoms with Crippen LogP contribution in [0.1, 0.15) is 83.8 Å². The highest BCUT2D eigenvalue weighted by atomic mass is 16.6. The van der Waals surface area contributed by atoms with Crippen molar-refractivity contribution in [2.45, 2.75) is 90.7 Å². The van der Waals surface area contributed by atoms with Gasteiger partial charge in [-0.2, -0.15) is 0 Å². The molecule has 0 saturated carbocycles. The van der Waals surface area contributed by atoms with Crippen molar-refractivity contribution in [1.29, 1.82) is 0 Å². The molecule has 1 aromatic carbocycles. The lowest BCUT2D eigenvalue weighted by Gasteiger charge is -2.46. The van der Waals surface area contributed by atoms with Crippen molar-refractivity contribution >= 4 is 12.1 Å². The fourth-order valence-electron chi connectivity index (χ4n) is 4.98. The van der Waals surface area contributed by atoms with Crippen molar-refractivity contribution in [3.05, 3.63) is 47.6 Å². The van der Waals surface area contributed by atoms with Gasteiger partial charge in [-0.25, -0.2) is 9.59 Å². The number of aryl methyl sites for hydroxylation is 1. The third kappa shape index (κ3) is 6.02. The van der Waals surface area contributed by atoms with Crippen LogP contribution in [0, 0.1) is 5.92 Å². The Labute approximate surface area is 203 Å². The summed E-state index contributed by atoms with van der Waals surface area (Å²) in [5.74, 6) is 1.18. The molecule has 0 radical (unpaired) electrons. The maximum atomic E-state index is 13.0. The highest BCUT2D eigenvalue weighted by Gasteiger charge is 2.45. The maximum absolute atomic E-state index is 13.0. The van der Waals surface area contributed by atoms with Gasteiger partial charge in [-0.05, 0) is 71.1 Å². The van der Waals surface area contributed by atoms with Crippen molar-refractivity contribution in [1.82, 2.24) is 5.32 Å². The monoisotopic (exact) mass is 469 g/mol. The van der Waals surface area contributed by atoms with Gasteiger partial charge in [-0.15, -0.1) is 0 Å². The number of alkyl carbamates (subject to hydrolysis) is 1. The zero-order valence-electron chi connectivity index (χ0n) is 21.2. The Balaban J connectivity index is 1.94. The average Bonchev–Trinajstić information content (AvgIpc) is 2.76. The number of hydrogen-bond acceptors (Lipinski definition) is 5. The molecule has 6 nitrogen and oxygen atoms in total. The molecule has 1 N–H and O–H groups in total. The van der Waals surface area contributed by atoms with E-state index >= 15 is 0 Å². The van der Waals surface area contributed by atoms with Crippen LogP contribution in [-0.4, -0.2) is 30.3 Å². The molecule has 0 bridgehead atoms. The molecule has 1 aromatic rings. The molecule has 1 aliphatic heterocycles. The van der Waals surface area contributed by atoms with Gasteiger partial charge in [0.15, 0.2) is 0 Å². The molecule has 2 aliphatic rings. The van der Waals surface area contributed by atoms with E-state index in [0.29, 0.717) is 5.75 Å². The minimum atomic E-state index is -0.864. The summed E-state index contributed by atoms with van der Waals surface area (Å²) in [6.45, 7) is 13.8. The van der Waals surface area contributed by atoms with E-state index < -0.39 is 18.1 Å². The first-order chi connectivity index (χ1) is 16.2. The van der Waals surface area contributed by atoms with E-state index in [-0.39, 0.29) is 24.0 Å². The summed E-state index contributed by atoms with van der Waals surface area (Å²) >= 11 is 0. The van der Waals surface area contributed by atoms with Gasteiger partial charge in [0.05, 0.1) is 0 Å². The third-order valence-corrected chi connectivity index (χ3v) is 6.81. The molecule has 0 aromatic heterocycles. The molecule has 1 aliphatic carbocycles. The molecule has 6 heteroatoms. The summed E-state index contributed by atoms with van der Waals surface area (Å²) in [5, 5.41) is 2.52. The molecule has 3 unspecified atom stereocenters. The van der Waals surface area contributed by atoms with Gasteiger partial charge < -0.3 is 19.5 Å². The largest absolute Gasteiger partial charge is 0.487 e. The molecule has 0 spiro atoms. The molecule has 0 fully saturated rings. The average molecular weight is 470 g/mol. The number of esters is 1. The number of fused-ring (bicyclic) bond motifs is 3. The van der Waals surface area contributed by atoms with Crippen molar-refractivity contribution < 1.29 is 23.8 Å². The van der Waals surface area contributed by atoms with E-state index in [9.17, 15) is 9.59 Å². The molecule has 186 valence electrons. The zero-order valence-corrected chi connectivity index (χ0v) is 21.2. The SMILES string of the molecule is C=CCOC(=O)NC(C)C(=O)Oc1cc(CCCCC)cc2c1C1C=C(C)CCC1C(C)(C)O2. The van der Waals surface area contributed by atoms with Crippen molar-refractivity contribution in [3.8, 4) is 11.5 Å². The van der Waals surface area contributed by atoms with Crippen LogP contribution in [-0.2, 0) is 16.0 Å². The summed E-state index contributed by atoms with van der Waals surface area (Å²) in [7, 11) is 0. The van der Waals surface area contributed by atoms with Crippen molar-refractivity contribution in [3.63, 3.8) is 0 Å². The van der Waals surface area contributed by atoms with Gasteiger partial charge >= 0.3 is 12.1 Å². The fraction of sp³-hybridized carbons (Fsp3) is 0.571. The van der Waals surface area contributed by atoms with Crippen LogP contribution in [0.4, 0.5) is 4.79 Å². The second-order valence-electron chi connectivity index (χ2n) is 10.0. The lowest BCUT2D eigenvalue weighted by Crippen LogP contribution is -2.45. The van der Waals surface area contributed by atoms with E-state index in [4.69, 9.17) is 14.2 Å². The highest BCUT2D eigenvalue weighted by Crippen LogP contribution is 2.53. The Morgan fingerprint density at radius 1 is 1.32 bits per heavy atom. The number of rotatable bonds is 9. The van der Waals surface area contributed by atoms with E-state index in [1.165, 1.54) is 11.6 Å². The molecule has 1 amide bonds. The minimum Gasteiger partial charge on any atom is -0.487 e. The Morgan fingerprint density at radius 3 is 2.79 bits per heavy atom. The van der Waals surface area contributed by atoms with Gasteiger partial charge in [-0.1, -0.05) is 44.1 Å². The lowest BCUT2D eigenvalue weighted by molar-refractivity contribution is -0.136. The van der Waals surface area contributed by atoms with Crippen LogP contribution in [0.3, 0.4) is 0 Å². The topological polar surface area (TPSA) is 73.9 Å². The van der Waals surface area contributed by atoms with Crippen LogP contribution in [0.15, 0.2) is 36.4 Å². The van der Waals surface area contributed by atoms with Gasteiger partial charge in [0, 0.05) is 17.4 Å².